The molecule has 0 spiro atoms. The summed E-state index contributed by atoms with van der Waals surface area (Å²) >= 11 is 3.38. The smallest absolute Gasteiger partial charge is 0.224 e. The number of hydrogen-bond acceptors (Lipinski definition) is 3. The SMILES string of the molecule is Cc1cc(=O)c(N)nn1-c1cccc(Br)c1. The van der Waals surface area contributed by atoms with E-state index in [0.717, 1.165) is 15.9 Å². The number of halogens is 1. The van der Waals surface area contributed by atoms with E-state index in [0.29, 0.717) is 0 Å². The van der Waals surface area contributed by atoms with Gasteiger partial charge in [0, 0.05) is 16.2 Å². The Bertz CT molecular complexity index is 592. The highest BCUT2D eigenvalue weighted by molar-refractivity contribution is 9.10. The summed E-state index contributed by atoms with van der Waals surface area (Å²) < 4.78 is 2.59. The van der Waals surface area contributed by atoms with Crippen LogP contribution in [0.3, 0.4) is 0 Å². The van der Waals surface area contributed by atoms with Gasteiger partial charge in [0.2, 0.25) is 5.43 Å². The third-order valence-corrected chi connectivity index (χ3v) is 2.68. The number of nitrogens with two attached hydrogens (primary N) is 1. The molecule has 2 aromatic rings. The van der Waals surface area contributed by atoms with Gasteiger partial charge in [-0.1, -0.05) is 22.0 Å². The van der Waals surface area contributed by atoms with Crippen LogP contribution in [0.15, 0.2) is 39.6 Å². The van der Waals surface area contributed by atoms with Crippen molar-refractivity contribution in [3.05, 3.63) is 50.7 Å². The Labute approximate surface area is 101 Å². The van der Waals surface area contributed by atoms with Gasteiger partial charge in [0.1, 0.15) is 0 Å². The molecule has 0 aliphatic carbocycles. The van der Waals surface area contributed by atoms with E-state index in [1.165, 1.54) is 6.07 Å². The summed E-state index contributed by atoms with van der Waals surface area (Å²) in [5.41, 5.74) is 6.87. The zero-order valence-corrected chi connectivity index (χ0v) is 10.2. The largest absolute Gasteiger partial charge is 0.379 e. The lowest BCUT2D eigenvalue weighted by Gasteiger charge is -2.09. The molecular weight excluding hydrogens is 270 g/mol. The van der Waals surface area contributed by atoms with Crippen molar-refractivity contribution in [2.45, 2.75) is 6.92 Å². The monoisotopic (exact) mass is 279 g/mol. The highest BCUT2D eigenvalue weighted by Crippen LogP contribution is 2.15. The lowest BCUT2D eigenvalue weighted by molar-refractivity contribution is 0.807. The average Bonchev–Trinajstić information content (AvgIpc) is 2.23. The number of benzene rings is 1. The van der Waals surface area contributed by atoms with E-state index < -0.39 is 0 Å². The molecule has 0 aliphatic heterocycles. The van der Waals surface area contributed by atoms with E-state index in [-0.39, 0.29) is 11.2 Å². The van der Waals surface area contributed by atoms with Crippen molar-refractivity contribution < 1.29 is 0 Å². The summed E-state index contributed by atoms with van der Waals surface area (Å²) in [4.78, 5) is 11.3. The molecule has 2 N–H and O–H groups in total. The fraction of sp³-hybridized carbons (Fsp3) is 0.0909. The van der Waals surface area contributed by atoms with Crippen LogP contribution >= 0.6 is 15.9 Å². The highest BCUT2D eigenvalue weighted by atomic mass is 79.9. The molecule has 0 bridgehead atoms. The van der Waals surface area contributed by atoms with Crippen molar-refractivity contribution in [1.29, 1.82) is 0 Å². The number of anilines is 1. The summed E-state index contributed by atoms with van der Waals surface area (Å²) in [5, 5.41) is 4.04. The van der Waals surface area contributed by atoms with Crippen LogP contribution in [0, 0.1) is 6.92 Å². The summed E-state index contributed by atoms with van der Waals surface area (Å²) in [6, 6.07) is 9.10. The molecule has 0 saturated carbocycles. The van der Waals surface area contributed by atoms with Crippen LogP contribution < -0.4 is 11.2 Å². The lowest BCUT2D eigenvalue weighted by Crippen LogP contribution is -2.17. The van der Waals surface area contributed by atoms with E-state index in [4.69, 9.17) is 5.73 Å². The molecule has 0 radical (unpaired) electrons. The predicted octanol–water partition coefficient (Wildman–Crippen LogP) is 1.89. The third-order valence-electron chi connectivity index (χ3n) is 2.19. The molecule has 0 aliphatic rings. The second-order valence-corrected chi connectivity index (χ2v) is 4.34. The average molecular weight is 280 g/mol. The summed E-state index contributed by atoms with van der Waals surface area (Å²) in [5.74, 6) is 0.00516. The van der Waals surface area contributed by atoms with E-state index in [2.05, 4.69) is 21.0 Å². The Morgan fingerprint density at radius 1 is 1.38 bits per heavy atom. The topological polar surface area (TPSA) is 60.9 Å². The maximum atomic E-state index is 11.3. The van der Waals surface area contributed by atoms with E-state index in [1.54, 1.807) is 4.68 Å². The fourth-order valence-electron chi connectivity index (χ4n) is 1.43. The van der Waals surface area contributed by atoms with Crippen LogP contribution in [0.4, 0.5) is 5.82 Å². The Kier molecular flexibility index (Phi) is 2.78. The number of aromatic nitrogens is 2. The maximum Gasteiger partial charge on any atom is 0.224 e. The van der Waals surface area contributed by atoms with Crippen molar-refractivity contribution in [2.24, 2.45) is 0 Å². The van der Waals surface area contributed by atoms with Gasteiger partial charge in [-0.2, -0.15) is 0 Å². The van der Waals surface area contributed by atoms with Gasteiger partial charge in [-0.3, -0.25) is 4.79 Å². The first-order valence-electron chi connectivity index (χ1n) is 4.70. The summed E-state index contributed by atoms with van der Waals surface area (Å²) in [6.45, 7) is 1.81. The second-order valence-electron chi connectivity index (χ2n) is 3.43. The van der Waals surface area contributed by atoms with Crippen LogP contribution in [-0.4, -0.2) is 9.78 Å². The Hall–Kier alpha value is -1.62. The van der Waals surface area contributed by atoms with Gasteiger partial charge in [0.05, 0.1) is 5.69 Å². The van der Waals surface area contributed by atoms with Crippen LogP contribution in [0.25, 0.3) is 5.69 Å². The van der Waals surface area contributed by atoms with Crippen molar-refractivity contribution in [1.82, 2.24) is 9.78 Å². The molecule has 1 aromatic heterocycles. The summed E-state index contributed by atoms with van der Waals surface area (Å²) in [6.07, 6.45) is 0. The van der Waals surface area contributed by atoms with Gasteiger partial charge in [-0.05, 0) is 25.1 Å². The molecule has 0 atom stereocenters. The number of hydrogen-bond donors (Lipinski definition) is 1. The van der Waals surface area contributed by atoms with E-state index in [9.17, 15) is 4.79 Å². The maximum absolute atomic E-state index is 11.3. The van der Waals surface area contributed by atoms with Gasteiger partial charge in [0.15, 0.2) is 5.82 Å². The molecule has 1 heterocycles. The predicted molar refractivity (Wildman–Crippen MR) is 66.7 cm³/mol. The van der Waals surface area contributed by atoms with Gasteiger partial charge >= 0.3 is 0 Å². The standard InChI is InChI=1S/C11H10BrN3O/c1-7-5-10(16)11(13)14-15(7)9-4-2-3-8(12)6-9/h2-6H,1H3,(H2,13,14). The van der Waals surface area contributed by atoms with Crippen molar-refractivity contribution >= 4 is 21.7 Å². The molecule has 0 fully saturated rings. The van der Waals surface area contributed by atoms with Crippen LogP contribution in [-0.2, 0) is 0 Å². The minimum absolute atomic E-state index is 0.00516. The third kappa shape index (κ3) is 1.99. The van der Waals surface area contributed by atoms with Gasteiger partial charge in [-0.15, -0.1) is 5.10 Å². The normalized spacial score (nSPS) is 10.4. The number of nitrogens with zero attached hydrogens (tertiary/aromatic N) is 2. The minimum Gasteiger partial charge on any atom is -0.379 e. The molecule has 0 saturated heterocycles. The zero-order chi connectivity index (χ0) is 11.7. The first-order valence-corrected chi connectivity index (χ1v) is 5.49. The molecule has 4 nitrogen and oxygen atoms in total. The molecular formula is C11H10BrN3O. The minimum atomic E-state index is -0.247. The van der Waals surface area contributed by atoms with E-state index >= 15 is 0 Å². The molecule has 5 heteroatoms. The van der Waals surface area contributed by atoms with Crippen LogP contribution in [0.5, 0.6) is 0 Å². The molecule has 0 unspecified atom stereocenters. The Morgan fingerprint density at radius 3 is 2.81 bits per heavy atom. The first kappa shape index (κ1) is 10.9. The highest BCUT2D eigenvalue weighted by Gasteiger charge is 2.04. The van der Waals surface area contributed by atoms with Gasteiger partial charge in [-0.25, -0.2) is 4.68 Å². The molecule has 1 aromatic carbocycles. The quantitative estimate of drug-likeness (QED) is 0.867. The second kappa shape index (κ2) is 4.09. The number of nitrogen functional groups attached to an aromatic ring is 1. The van der Waals surface area contributed by atoms with Crippen molar-refractivity contribution in [3.8, 4) is 5.69 Å². The Balaban J connectivity index is 2.65. The van der Waals surface area contributed by atoms with E-state index in [1.807, 2.05) is 31.2 Å². The first-order chi connectivity index (χ1) is 7.58. The molecule has 16 heavy (non-hydrogen) atoms. The summed E-state index contributed by atoms with van der Waals surface area (Å²) in [7, 11) is 0. The van der Waals surface area contributed by atoms with Crippen LogP contribution in [0.1, 0.15) is 5.69 Å². The van der Waals surface area contributed by atoms with Gasteiger partial charge < -0.3 is 5.73 Å². The zero-order valence-electron chi connectivity index (χ0n) is 8.64. The van der Waals surface area contributed by atoms with Crippen molar-refractivity contribution in [2.75, 3.05) is 5.73 Å². The molecule has 0 amide bonds. The van der Waals surface area contributed by atoms with Crippen molar-refractivity contribution in [3.63, 3.8) is 0 Å². The fourth-order valence-corrected chi connectivity index (χ4v) is 1.82. The molecule has 82 valence electrons. The van der Waals surface area contributed by atoms with Crippen LogP contribution in [0.2, 0.25) is 0 Å². The Morgan fingerprint density at radius 2 is 2.12 bits per heavy atom. The molecule has 2 rings (SSSR count). The lowest BCUT2D eigenvalue weighted by atomic mass is 10.3. The number of rotatable bonds is 1. The number of aryl methyl sites for hydroxylation is 1. The van der Waals surface area contributed by atoms with Gasteiger partial charge in [0.25, 0.3) is 0 Å².